The summed E-state index contributed by atoms with van der Waals surface area (Å²) in [4.78, 5) is 4.79. The van der Waals surface area contributed by atoms with Crippen LogP contribution in [0.3, 0.4) is 0 Å². The number of aryl methyl sites for hydroxylation is 3. The van der Waals surface area contributed by atoms with E-state index in [1.807, 2.05) is 42.5 Å². The largest absolute Gasteiger partial charge is 0.491 e. The van der Waals surface area contributed by atoms with Crippen LogP contribution in [-0.4, -0.2) is 16.2 Å². The molecule has 0 aliphatic carbocycles. The molecule has 0 unspecified atom stereocenters. The van der Waals surface area contributed by atoms with Crippen molar-refractivity contribution >= 4 is 11.0 Å². The maximum atomic E-state index is 6.06. The molecule has 0 amide bonds. The molecule has 29 heavy (non-hydrogen) atoms. The van der Waals surface area contributed by atoms with E-state index in [1.54, 1.807) is 0 Å². The number of hydrogen-bond donors (Lipinski definition) is 0. The molecule has 4 heteroatoms. The lowest BCUT2D eigenvalue weighted by Crippen LogP contribution is -2.13. The lowest BCUT2D eigenvalue weighted by molar-refractivity contribution is 0.271. The summed E-state index contributed by atoms with van der Waals surface area (Å²) in [6.07, 6.45) is 0. The SMILES string of the molecule is Cc1cccc(OCc2nc3ccccc3n2CCOc2ccc(C)cc2C)c1. The van der Waals surface area contributed by atoms with Crippen LogP contribution in [0.1, 0.15) is 22.5 Å². The van der Waals surface area contributed by atoms with Gasteiger partial charge in [0.05, 0.1) is 17.6 Å². The molecule has 0 aliphatic rings. The van der Waals surface area contributed by atoms with Crippen molar-refractivity contribution in [1.82, 2.24) is 9.55 Å². The van der Waals surface area contributed by atoms with E-state index in [9.17, 15) is 0 Å². The topological polar surface area (TPSA) is 36.3 Å². The van der Waals surface area contributed by atoms with Gasteiger partial charge in [0.25, 0.3) is 0 Å². The second-order valence-corrected chi connectivity index (χ2v) is 7.39. The Morgan fingerprint density at radius 1 is 0.828 bits per heavy atom. The van der Waals surface area contributed by atoms with Crippen LogP contribution in [0.4, 0.5) is 0 Å². The predicted molar refractivity (Wildman–Crippen MR) is 117 cm³/mol. The second kappa shape index (κ2) is 8.39. The minimum atomic E-state index is 0.418. The quantitative estimate of drug-likeness (QED) is 0.414. The van der Waals surface area contributed by atoms with Gasteiger partial charge in [-0.3, -0.25) is 0 Å². The van der Waals surface area contributed by atoms with Gasteiger partial charge in [-0.25, -0.2) is 4.98 Å². The highest BCUT2D eigenvalue weighted by molar-refractivity contribution is 5.75. The van der Waals surface area contributed by atoms with Crippen molar-refractivity contribution in [2.45, 2.75) is 33.9 Å². The molecule has 0 N–H and O–H groups in total. The summed E-state index contributed by atoms with van der Waals surface area (Å²) >= 11 is 0. The highest BCUT2D eigenvalue weighted by atomic mass is 16.5. The van der Waals surface area contributed by atoms with Crippen LogP contribution in [0.5, 0.6) is 11.5 Å². The fraction of sp³-hybridized carbons (Fsp3) is 0.240. The highest BCUT2D eigenvalue weighted by Gasteiger charge is 2.12. The molecule has 0 saturated carbocycles. The van der Waals surface area contributed by atoms with Gasteiger partial charge in [-0.2, -0.15) is 0 Å². The van der Waals surface area contributed by atoms with Crippen LogP contribution in [-0.2, 0) is 13.2 Å². The maximum absolute atomic E-state index is 6.06. The van der Waals surface area contributed by atoms with Crippen LogP contribution in [0.15, 0.2) is 66.7 Å². The second-order valence-electron chi connectivity index (χ2n) is 7.39. The fourth-order valence-electron chi connectivity index (χ4n) is 3.55. The number of fused-ring (bicyclic) bond motifs is 1. The van der Waals surface area contributed by atoms with Crippen molar-refractivity contribution in [3.05, 3.63) is 89.2 Å². The molecule has 148 valence electrons. The summed E-state index contributed by atoms with van der Waals surface area (Å²) in [6.45, 7) is 7.93. The Morgan fingerprint density at radius 2 is 1.66 bits per heavy atom. The van der Waals surface area contributed by atoms with Gasteiger partial charge in [0.15, 0.2) is 0 Å². The van der Waals surface area contributed by atoms with Gasteiger partial charge >= 0.3 is 0 Å². The lowest BCUT2D eigenvalue weighted by Gasteiger charge is -2.13. The van der Waals surface area contributed by atoms with Crippen LogP contribution >= 0.6 is 0 Å². The smallest absolute Gasteiger partial charge is 0.148 e. The zero-order valence-corrected chi connectivity index (χ0v) is 17.2. The number of rotatable bonds is 7. The van der Waals surface area contributed by atoms with E-state index in [-0.39, 0.29) is 0 Å². The third kappa shape index (κ3) is 4.43. The molecule has 0 aliphatic heterocycles. The minimum Gasteiger partial charge on any atom is -0.491 e. The Hall–Kier alpha value is -3.27. The van der Waals surface area contributed by atoms with Crippen LogP contribution < -0.4 is 9.47 Å². The zero-order valence-electron chi connectivity index (χ0n) is 17.2. The van der Waals surface area contributed by atoms with Gasteiger partial charge in [-0.15, -0.1) is 0 Å². The normalized spacial score (nSPS) is 11.0. The minimum absolute atomic E-state index is 0.418. The number of benzene rings is 3. The molecule has 0 bridgehead atoms. The number of hydrogen-bond acceptors (Lipinski definition) is 3. The standard InChI is InChI=1S/C25H26N2O2/c1-18-7-6-8-21(16-18)29-17-25-26-22-9-4-5-10-23(22)27(25)13-14-28-24-12-11-19(2)15-20(24)3/h4-12,15-16H,13-14,17H2,1-3H3. The molecule has 0 saturated heterocycles. The summed E-state index contributed by atoms with van der Waals surface area (Å²) in [5, 5.41) is 0. The van der Waals surface area contributed by atoms with Crippen molar-refractivity contribution in [3.63, 3.8) is 0 Å². The van der Waals surface area contributed by atoms with Gasteiger partial charge in [-0.1, -0.05) is 42.0 Å². The molecular weight excluding hydrogens is 360 g/mol. The first kappa shape index (κ1) is 19.1. The predicted octanol–water partition coefficient (Wildman–Crippen LogP) is 5.62. The third-order valence-corrected chi connectivity index (χ3v) is 4.99. The average Bonchev–Trinajstić information content (AvgIpc) is 3.06. The molecule has 3 aromatic carbocycles. The molecule has 4 rings (SSSR count). The molecule has 0 fully saturated rings. The molecule has 1 aromatic heterocycles. The molecule has 0 spiro atoms. The zero-order chi connectivity index (χ0) is 20.2. The van der Waals surface area contributed by atoms with Crippen molar-refractivity contribution < 1.29 is 9.47 Å². The summed E-state index contributed by atoms with van der Waals surface area (Å²) in [6, 6.07) is 22.5. The fourth-order valence-corrected chi connectivity index (χ4v) is 3.55. The highest BCUT2D eigenvalue weighted by Crippen LogP contribution is 2.21. The first-order chi connectivity index (χ1) is 14.1. The molecule has 0 atom stereocenters. The first-order valence-electron chi connectivity index (χ1n) is 9.94. The van der Waals surface area contributed by atoms with E-state index in [2.05, 4.69) is 49.6 Å². The Labute approximate surface area is 171 Å². The van der Waals surface area contributed by atoms with Crippen molar-refractivity contribution in [1.29, 1.82) is 0 Å². The molecule has 1 heterocycles. The summed E-state index contributed by atoms with van der Waals surface area (Å²) in [5.41, 5.74) is 5.65. The van der Waals surface area contributed by atoms with E-state index in [0.717, 1.165) is 33.9 Å². The number of imidazole rings is 1. The van der Waals surface area contributed by atoms with E-state index in [1.165, 1.54) is 11.1 Å². The van der Waals surface area contributed by atoms with Gasteiger partial charge in [0.1, 0.15) is 30.5 Å². The maximum Gasteiger partial charge on any atom is 0.148 e. The Kier molecular flexibility index (Phi) is 5.52. The molecular formula is C25H26N2O2. The van der Waals surface area contributed by atoms with Gasteiger partial charge in [0.2, 0.25) is 0 Å². The van der Waals surface area contributed by atoms with Gasteiger partial charge in [-0.05, 0) is 62.2 Å². The van der Waals surface area contributed by atoms with Crippen LogP contribution in [0.2, 0.25) is 0 Å². The van der Waals surface area contributed by atoms with Crippen molar-refractivity contribution in [2.24, 2.45) is 0 Å². The number of aromatic nitrogens is 2. The number of para-hydroxylation sites is 2. The Bertz CT molecular complexity index is 1130. The third-order valence-electron chi connectivity index (χ3n) is 4.99. The van der Waals surface area contributed by atoms with Crippen LogP contribution in [0, 0.1) is 20.8 Å². The average molecular weight is 386 g/mol. The first-order valence-corrected chi connectivity index (χ1v) is 9.94. The van der Waals surface area contributed by atoms with Crippen molar-refractivity contribution in [2.75, 3.05) is 6.61 Å². The summed E-state index contributed by atoms with van der Waals surface area (Å²) in [7, 11) is 0. The van der Waals surface area contributed by atoms with Crippen LogP contribution in [0.25, 0.3) is 11.0 Å². The Balaban J connectivity index is 1.51. The number of ether oxygens (including phenoxy) is 2. The Morgan fingerprint density at radius 3 is 2.48 bits per heavy atom. The van der Waals surface area contributed by atoms with E-state index in [4.69, 9.17) is 14.5 Å². The van der Waals surface area contributed by atoms with Gasteiger partial charge < -0.3 is 14.0 Å². The lowest BCUT2D eigenvalue weighted by atomic mass is 10.1. The monoisotopic (exact) mass is 386 g/mol. The van der Waals surface area contributed by atoms with E-state index >= 15 is 0 Å². The molecule has 4 aromatic rings. The van der Waals surface area contributed by atoms with E-state index < -0.39 is 0 Å². The van der Waals surface area contributed by atoms with E-state index in [0.29, 0.717) is 19.8 Å². The van der Waals surface area contributed by atoms with Gasteiger partial charge in [0, 0.05) is 0 Å². The summed E-state index contributed by atoms with van der Waals surface area (Å²) < 4.78 is 14.3. The molecule has 0 radical (unpaired) electrons. The molecule has 4 nitrogen and oxygen atoms in total. The summed E-state index contributed by atoms with van der Waals surface area (Å²) in [5.74, 6) is 2.68. The van der Waals surface area contributed by atoms with Crippen molar-refractivity contribution in [3.8, 4) is 11.5 Å². The number of nitrogens with zero attached hydrogens (tertiary/aromatic N) is 2.